The van der Waals surface area contributed by atoms with Crippen LogP contribution in [0.15, 0.2) is 53.6 Å². The lowest BCUT2D eigenvalue weighted by atomic mass is 10.2. The Kier molecular flexibility index (Phi) is 3.98. The van der Waals surface area contributed by atoms with Crippen LogP contribution in [0, 0.1) is 6.92 Å². The number of carbonyl (C=O) groups is 1. The number of benzene rings is 2. The molecule has 1 amide bonds. The van der Waals surface area contributed by atoms with Crippen molar-refractivity contribution in [3.8, 4) is 0 Å². The molecule has 0 atom stereocenters. The van der Waals surface area contributed by atoms with Gasteiger partial charge in [0.25, 0.3) is 10.0 Å². The zero-order chi connectivity index (χ0) is 17.5. The fourth-order valence-corrected chi connectivity index (χ4v) is 3.99. The van der Waals surface area contributed by atoms with E-state index in [1.165, 1.54) is 36.5 Å². The third kappa shape index (κ3) is 2.83. The van der Waals surface area contributed by atoms with E-state index in [-0.39, 0.29) is 15.6 Å². The second kappa shape index (κ2) is 5.85. The van der Waals surface area contributed by atoms with E-state index < -0.39 is 16.1 Å². The maximum absolute atomic E-state index is 12.8. The van der Waals surface area contributed by atoms with Gasteiger partial charge in [0.05, 0.1) is 16.1 Å². The molecule has 0 spiro atoms. The molecule has 0 saturated carbocycles. The van der Waals surface area contributed by atoms with Gasteiger partial charge in [-0.25, -0.2) is 17.2 Å². The van der Waals surface area contributed by atoms with E-state index in [1.54, 1.807) is 12.1 Å². The summed E-state index contributed by atoms with van der Waals surface area (Å²) < 4.78 is 26.8. The quantitative estimate of drug-likeness (QED) is 0.737. The van der Waals surface area contributed by atoms with E-state index in [1.807, 2.05) is 6.92 Å². The lowest BCUT2D eigenvalue weighted by Gasteiger charge is -2.10. The first-order chi connectivity index (χ1) is 11.3. The summed E-state index contributed by atoms with van der Waals surface area (Å²) in [5, 5.41) is 11.8. The maximum Gasteiger partial charge on any atom is 0.409 e. The number of nitrogens with zero attached hydrogens (tertiary/aromatic N) is 1. The molecule has 124 valence electrons. The van der Waals surface area contributed by atoms with Gasteiger partial charge < -0.3 is 5.11 Å². The topological polar surface area (TPSA) is 88.4 Å². The van der Waals surface area contributed by atoms with E-state index in [2.05, 4.69) is 5.32 Å². The standard InChI is InChI=1S/C16H13ClN2O4S/c1-10-2-4-12(5-3-10)24(22,23)19-7-6-13-14(18-16(20)21)8-11(17)9-15(13)19/h2-9,18H,1H3,(H,20,21). The van der Waals surface area contributed by atoms with E-state index in [0.717, 1.165) is 9.54 Å². The molecule has 24 heavy (non-hydrogen) atoms. The summed E-state index contributed by atoms with van der Waals surface area (Å²) in [5.74, 6) is 0. The molecule has 2 aromatic carbocycles. The van der Waals surface area contributed by atoms with Crippen LogP contribution in [-0.4, -0.2) is 23.6 Å². The Bertz CT molecular complexity index is 1040. The Labute approximate surface area is 143 Å². The molecule has 6 nitrogen and oxygen atoms in total. The van der Waals surface area contributed by atoms with E-state index in [9.17, 15) is 13.2 Å². The second-order valence-corrected chi connectivity index (χ2v) is 7.50. The fourth-order valence-electron chi connectivity index (χ4n) is 2.44. The molecule has 0 bridgehead atoms. The monoisotopic (exact) mass is 364 g/mol. The van der Waals surface area contributed by atoms with Crippen molar-refractivity contribution >= 4 is 44.3 Å². The number of fused-ring (bicyclic) bond motifs is 1. The van der Waals surface area contributed by atoms with Gasteiger partial charge in [0.15, 0.2) is 0 Å². The van der Waals surface area contributed by atoms with Crippen LogP contribution in [0.5, 0.6) is 0 Å². The molecule has 3 rings (SSSR count). The third-order valence-corrected chi connectivity index (χ3v) is 5.48. The van der Waals surface area contributed by atoms with Crippen molar-refractivity contribution in [1.82, 2.24) is 3.97 Å². The second-order valence-electron chi connectivity index (χ2n) is 5.25. The van der Waals surface area contributed by atoms with Crippen LogP contribution < -0.4 is 5.32 Å². The molecule has 0 fully saturated rings. The fraction of sp³-hybridized carbons (Fsp3) is 0.0625. The molecule has 3 aromatic rings. The van der Waals surface area contributed by atoms with E-state index in [4.69, 9.17) is 16.7 Å². The largest absolute Gasteiger partial charge is 0.465 e. The molecular weight excluding hydrogens is 352 g/mol. The molecule has 0 aliphatic rings. The van der Waals surface area contributed by atoms with Gasteiger partial charge >= 0.3 is 6.09 Å². The lowest BCUT2D eigenvalue weighted by Crippen LogP contribution is -2.12. The van der Waals surface area contributed by atoms with Gasteiger partial charge in [-0.2, -0.15) is 0 Å². The summed E-state index contributed by atoms with van der Waals surface area (Å²) >= 11 is 6.01. The van der Waals surface area contributed by atoms with Gasteiger partial charge in [0, 0.05) is 16.6 Å². The summed E-state index contributed by atoms with van der Waals surface area (Å²) in [6.45, 7) is 1.87. The molecule has 0 aliphatic heterocycles. The van der Waals surface area contributed by atoms with Crippen molar-refractivity contribution in [1.29, 1.82) is 0 Å². The molecule has 0 aliphatic carbocycles. The van der Waals surface area contributed by atoms with Crippen LogP contribution in [0.25, 0.3) is 10.9 Å². The van der Waals surface area contributed by atoms with Crippen molar-refractivity contribution in [2.24, 2.45) is 0 Å². The number of hydrogen-bond acceptors (Lipinski definition) is 3. The SMILES string of the molecule is Cc1ccc(S(=O)(=O)n2ccc3c(NC(=O)O)cc(Cl)cc32)cc1. The van der Waals surface area contributed by atoms with Gasteiger partial charge in [-0.1, -0.05) is 29.3 Å². The van der Waals surface area contributed by atoms with Crippen molar-refractivity contribution in [2.45, 2.75) is 11.8 Å². The smallest absolute Gasteiger partial charge is 0.409 e. The number of amides is 1. The molecule has 8 heteroatoms. The predicted octanol–water partition coefficient (Wildman–Crippen LogP) is 3.93. The van der Waals surface area contributed by atoms with Gasteiger partial charge in [0.2, 0.25) is 0 Å². The Morgan fingerprint density at radius 3 is 2.46 bits per heavy atom. The number of nitrogens with one attached hydrogen (secondary N) is 1. The normalized spacial score (nSPS) is 11.6. The average Bonchev–Trinajstić information content (AvgIpc) is 2.91. The van der Waals surface area contributed by atoms with Crippen LogP contribution >= 0.6 is 11.6 Å². The van der Waals surface area contributed by atoms with Crippen LogP contribution in [0.4, 0.5) is 10.5 Å². The van der Waals surface area contributed by atoms with Gasteiger partial charge in [-0.3, -0.25) is 5.32 Å². The number of aryl methyl sites for hydroxylation is 1. The van der Waals surface area contributed by atoms with Crippen molar-refractivity contribution in [3.05, 3.63) is 59.2 Å². The zero-order valence-electron chi connectivity index (χ0n) is 12.5. The number of anilines is 1. The van der Waals surface area contributed by atoms with Crippen LogP contribution in [-0.2, 0) is 10.0 Å². The first-order valence-corrected chi connectivity index (χ1v) is 8.73. The highest BCUT2D eigenvalue weighted by molar-refractivity contribution is 7.90. The number of rotatable bonds is 3. The summed E-state index contributed by atoms with van der Waals surface area (Å²) in [4.78, 5) is 11.0. The highest BCUT2D eigenvalue weighted by atomic mass is 35.5. The summed E-state index contributed by atoms with van der Waals surface area (Å²) in [7, 11) is -3.82. The summed E-state index contributed by atoms with van der Waals surface area (Å²) in [5.41, 5.74) is 1.47. The molecule has 1 heterocycles. The average molecular weight is 365 g/mol. The zero-order valence-corrected chi connectivity index (χ0v) is 14.1. The highest BCUT2D eigenvalue weighted by Crippen LogP contribution is 2.31. The minimum atomic E-state index is -3.82. The Balaban J connectivity index is 2.22. The molecule has 0 saturated heterocycles. The van der Waals surface area contributed by atoms with Gasteiger partial charge in [-0.05, 0) is 37.3 Å². The minimum absolute atomic E-state index is 0.137. The maximum atomic E-state index is 12.8. The Morgan fingerprint density at radius 2 is 1.83 bits per heavy atom. The van der Waals surface area contributed by atoms with Crippen molar-refractivity contribution in [2.75, 3.05) is 5.32 Å². The first kappa shape index (κ1) is 16.4. The molecular formula is C16H13ClN2O4S. The van der Waals surface area contributed by atoms with Crippen LogP contribution in [0.2, 0.25) is 5.02 Å². The predicted molar refractivity (Wildman–Crippen MR) is 92.4 cm³/mol. The number of halogens is 1. The summed E-state index contributed by atoms with van der Waals surface area (Å²) in [6, 6.07) is 10.9. The Morgan fingerprint density at radius 1 is 1.17 bits per heavy atom. The number of hydrogen-bond donors (Lipinski definition) is 2. The Hall–Kier alpha value is -2.51. The van der Waals surface area contributed by atoms with Crippen molar-refractivity contribution < 1.29 is 18.3 Å². The van der Waals surface area contributed by atoms with Crippen molar-refractivity contribution in [3.63, 3.8) is 0 Å². The van der Waals surface area contributed by atoms with Crippen LogP contribution in [0.1, 0.15) is 5.56 Å². The molecule has 2 N–H and O–H groups in total. The molecule has 0 radical (unpaired) electrons. The summed E-state index contributed by atoms with van der Waals surface area (Å²) in [6.07, 6.45) is 0.121. The lowest BCUT2D eigenvalue weighted by molar-refractivity contribution is 0.210. The number of carboxylic acid groups (broad SMARTS) is 1. The van der Waals surface area contributed by atoms with Gasteiger partial charge in [-0.15, -0.1) is 0 Å². The first-order valence-electron chi connectivity index (χ1n) is 6.92. The van der Waals surface area contributed by atoms with E-state index in [0.29, 0.717) is 10.9 Å². The highest BCUT2D eigenvalue weighted by Gasteiger charge is 2.20. The molecule has 0 unspecified atom stereocenters. The number of aromatic nitrogens is 1. The third-order valence-electron chi connectivity index (χ3n) is 3.56. The van der Waals surface area contributed by atoms with Crippen LogP contribution in [0.3, 0.4) is 0 Å². The minimum Gasteiger partial charge on any atom is -0.465 e. The van der Waals surface area contributed by atoms with Gasteiger partial charge in [0.1, 0.15) is 0 Å². The van der Waals surface area contributed by atoms with E-state index >= 15 is 0 Å². The molecule has 1 aromatic heterocycles.